The molecule has 2 aliphatic heterocycles. The van der Waals surface area contributed by atoms with E-state index in [1.165, 1.54) is 37.1 Å². The number of hydrogen-bond donors (Lipinski definition) is 2. The zero-order chi connectivity index (χ0) is 12.4. The van der Waals surface area contributed by atoms with Crippen LogP contribution in [-0.2, 0) is 0 Å². The smallest absolute Gasteiger partial charge is 0.321 e. The van der Waals surface area contributed by atoms with Crippen LogP contribution in [0.4, 0.5) is 9.93 Å². The summed E-state index contributed by atoms with van der Waals surface area (Å²) < 4.78 is 0. The molecule has 1 aromatic heterocycles. The average Bonchev–Trinajstić information content (AvgIpc) is 3.00. The number of carbonyl (C=O) groups excluding carboxylic acids is 1. The van der Waals surface area contributed by atoms with Crippen molar-refractivity contribution >= 4 is 22.5 Å². The van der Waals surface area contributed by atoms with Crippen molar-refractivity contribution in [3.05, 3.63) is 5.51 Å². The van der Waals surface area contributed by atoms with Crippen molar-refractivity contribution in [2.45, 2.75) is 37.8 Å². The zero-order valence-corrected chi connectivity index (χ0v) is 10.9. The van der Waals surface area contributed by atoms with E-state index in [-0.39, 0.29) is 12.1 Å². The summed E-state index contributed by atoms with van der Waals surface area (Å²) in [4.78, 5) is 14.3. The lowest BCUT2D eigenvalue weighted by molar-refractivity contribution is 0.180. The topological polar surface area (TPSA) is 70.1 Å². The van der Waals surface area contributed by atoms with Crippen LogP contribution >= 0.6 is 11.3 Å². The van der Waals surface area contributed by atoms with E-state index in [9.17, 15) is 4.79 Å². The molecule has 2 saturated heterocycles. The van der Waals surface area contributed by atoms with E-state index in [4.69, 9.17) is 0 Å². The van der Waals surface area contributed by atoms with Crippen molar-refractivity contribution in [3.8, 4) is 0 Å². The number of rotatable bonds is 2. The molecule has 98 valence electrons. The number of nitrogens with one attached hydrogen (secondary N) is 2. The van der Waals surface area contributed by atoms with E-state index in [2.05, 4.69) is 25.7 Å². The second-order valence-electron chi connectivity index (χ2n) is 4.84. The molecule has 0 spiro atoms. The summed E-state index contributed by atoms with van der Waals surface area (Å²) in [5, 5.41) is 13.8. The van der Waals surface area contributed by atoms with Crippen LogP contribution in [0.25, 0.3) is 0 Å². The number of urea groups is 1. The van der Waals surface area contributed by atoms with Crippen LogP contribution in [0.3, 0.4) is 0 Å². The summed E-state index contributed by atoms with van der Waals surface area (Å²) in [6, 6.07) is 0.640. The van der Waals surface area contributed by atoms with Crippen molar-refractivity contribution < 1.29 is 4.79 Å². The van der Waals surface area contributed by atoms with Gasteiger partial charge in [-0.15, -0.1) is 10.2 Å². The zero-order valence-electron chi connectivity index (χ0n) is 10.1. The molecular formula is C11H17N5OS. The SMILES string of the molecule is O=C(Nc1nncs1)N[C@@H]1CCN2CCCC[C@@H]12. The van der Waals surface area contributed by atoms with Gasteiger partial charge in [0.25, 0.3) is 0 Å². The Morgan fingerprint density at radius 2 is 2.33 bits per heavy atom. The van der Waals surface area contributed by atoms with Crippen LogP contribution in [0.5, 0.6) is 0 Å². The number of nitrogens with zero attached hydrogens (tertiary/aromatic N) is 3. The van der Waals surface area contributed by atoms with Gasteiger partial charge in [0.05, 0.1) is 0 Å². The third-order valence-electron chi connectivity index (χ3n) is 3.75. The highest BCUT2D eigenvalue weighted by Crippen LogP contribution is 2.27. The standard InChI is InChI=1S/C11H17N5OS/c17-10(14-11-15-12-7-18-11)13-8-4-6-16-5-2-1-3-9(8)16/h7-9H,1-6H2,(H2,13,14,15,17)/t8-,9+/m1/s1. The van der Waals surface area contributed by atoms with Gasteiger partial charge >= 0.3 is 6.03 Å². The molecule has 2 aliphatic rings. The molecule has 2 N–H and O–H groups in total. The molecule has 0 aromatic carbocycles. The first-order valence-corrected chi connectivity index (χ1v) is 7.28. The van der Waals surface area contributed by atoms with Gasteiger partial charge in [0, 0.05) is 18.6 Å². The fourth-order valence-corrected chi connectivity index (χ4v) is 3.38. The maximum absolute atomic E-state index is 11.8. The Labute approximate surface area is 110 Å². The first-order chi connectivity index (χ1) is 8.83. The van der Waals surface area contributed by atoms with E-state index in [0.29, 0.717) is 11.2 Å². The van der Waals surface area contributed by atoms with E-state index in [0.717, 1.165) is 13.0 Å². The summed E-state index contributed by atoms with van der Waals surface area (Å²) >= 11 is 1.33. The number of fused-ring (bicyclic) bond motifs is 1. The quantitative estimate of drug-likeness (QED) is 0.847. The molecule has 0 radical (unpaired) electrons. The lowest BCUT2D eigenvalue weighted by Gasteiger charge is -2.32. The van der Waals surface area contributed by atoms with E-state index in [1.54, 1.807) is 5.51 Å². The Kier molecular flexibility index (Phi) is 3.42. The largest absolute Gasteiger partial charge is 0.333 e. The Bertz CT molecular complexity index is 410. The van der Waals surface area contributed by atoms with Crippen LogP contribution in [-0.4, -0.2) is 46.3 Å². The molecule has 1 aromatic rings. The Hall–Kier alpha value is -1.21. The molecule has 3 rings (SSSR count). The molecule has 2 fully saturated rings. The fraction of sp³-hybridized carbons (Fsp3) is 0.727. The van der Waals surface area contributed by atoms with Gasteiger partial charge in [-0.25, -0.2) is 4.79 Å². The van der Waals surface area contributed by atoms with Gasteiger partial charge in [0.15, 0.2) is 0 Å². The Morgan fingerprint density at radius 1 is 1.39 bits per heavy atom. The van der Waals surface area contributed by atoms with Crippen LogP contribution < -0.4 is 10.6 Å². The van der Waals surface area contributed by atoms with Gasteiger partial charge < -0.3 is 5.32 Å². The van der Waals surface area contributed by atoms with Crippen molar-refractivity contribution in [2.75, 3.05) is 18.4 Å². The summed E-state index contributed by atoms with van der Waals surface area (Å²) in [5.41, 5.74) is 1.61. The van der Waals surface area contributed by atoms with Gasteiger partial charge in [0.2, 0.25) is 5.13 Å². The van der Waals surface area contributed by atoms with Gasteiger partial charge in [-0.2, -0.15) is 0 Å². The molecule has 3 heterocycles. The summed E-state index contributed by atoms with van der Waals surface area (Å²) in [5.74, 6) is 0. The van der Waals surface area contributed by atoms with Crippen LogP contribution in [0.2, 0.25) is 0 Å². The van der Waals surface area contributed by atoms with E-state index >= 15 is 0 Å². The van der Waals surface area contributed by atoms with Crippen LogP contribution in [0.15, 0.2) is 5.51 Å². The molecule has 18 heavy (non-hydrogen) atoms. The maximum Gasteiger partial charge on any atom is 0.321 e. The number of anilines is 1. The van der Waals surface area contributed by atoms with Gasteiger partial charge in [-0.1, -0.05) is 17.8 Å². The minimum Gasteiger partial charge on any atom is -0.333 e. The third-order valence-corrected chi connectivity index (χ3v) is 4.36. The third kappa shape index (κ3) is 2.46. The van der Waals surface area contributed by atoms with Gasteiger partial charge in [-0.05, 0) is 25.8 Å². The minimum absolute atomic E-state index is 0.163. The van der Waals surface area contributed by atoms with Crippen LogP contribution in [0, 0.1) is 0 Å². The molecule has 0 saturated carbocycles. The highest BCUT2D eigenvalue weighted by atomic mass is 32.1. The molecular weight excluding hydrogens is 250 g/mol. The fourth-order valence-electron chi connectivity index (χ4n) is 2.94. The first-order valence-electron chi connectivity index (χ1n) is 6.40. The van der Waals surface area contributed by atoms with E-state index < -0.39 is 0 Å². The minimum atomic E-state index is -0.163. The second kappa shape index (κ2) is 5.19. The Balaban J connectivity index is 1.54. The molecule has 6 nitrogen and oxygen atoms in total. The van der Waals surface area contributed by atoms with Crippen LogP contribution in [0.1, 0.15) is 25.7 Å². The normalized spacial score (nSPS) is 27.8. The van der Waals surface area contributed by atoms with Crippen molar-refractivity contribution in [2.24, 2.45) is 0 Å². The molecule has 0 unspecified atom stereocenters. The number of aromatic nitrogens is 2. The molecule has 0 aliphatic carbocycles. The number of piperidine rings is 1. The summed E-state index contributed by atoms with van der Waals surface area (Å²) in [6.45, 7) is 2.29. The highest BCUT2D eigenvalue weighted by molar-refractivity contribution is 7.13. The average molecular weight is 267 g/mol. The van der Waals surface area contributed by atoms with E-state index in [1.807, 2.05) is 0 Å². The molecule has 2 atom stereocenters. The lowest BCUT2D eigenvalue weighted by atomic mass is 9.99. The maximum atomic E-state index is 11.8. The lowest BCUT2D eigenvalue weighted by Crippen LogP contribution is -2.47. The molecule has 2 amide bonds. The summed E-state index contributed by atoms with van der Waals surface area (Å²) in [7, 11) is 0. The number of hydrogen-bond acceptors (Lipinski definition) is 5. The summed E-state index contributed by atoms with van der Waals surface area (Å²) in [6.07, 6.45) is 4.82. The first kappa shape index (κ1) is 11.9. The van der Waals surface area contributed by atoms with Gasteiger partial charge in [0.1, 0.15) is 5.51 Å². The number of carbonyl (C=O) groups is 1. The molecule has 7 heteroatoms. The van der Waals surface area contributed by atoms with Gasteiger partial charge in [-0.3, -0.25) is 10.2 Å². The van der Waals surface area contributed by atoms with Crippen molar-refractivity contribution in [1.29, 1.82) is 0 Å². The monoisotopic (exact) mass is 267 g/mol. The number of amides is 2. The highest BCUT2D eigenvalue weighted by Gasteiger charge is 2.36. The molecule has 0 bridgehead atoms. The van der Waals surface area contributed by atoms with Crippen molar-refractivity contribution in [1.82, 2.24) is 20.4 Å². The second-order valence-corrected chi connectivity index (χ2v) is 5.67. The predicted octanol–water partition coefficient (Wildman–Crippen LogP) is 1.29. The van der Waals surface area contributed by atoms with Crippen molar-refractivity contribution in [3.63, 3.8) is 0 Å². The Morgan fingerprint density at radius 3 is 3.17 bits per heavy atom. The predicted molar refractivity (Wildman–Crippen MR) is 69.7 cm³/mol.